The fourth-order valence-corrected chi connectivity index (χ4v) is 3.19. The molecule has 7 heteroatoms. The summed E-state index contributed by atoms with van der Waals surface area (Å²) in [5.41, 5.74) is 0.217. The Morgan fingerprint density at radius 1 is 1.35 bits per heavy atom. The molecule has 20 heavy (non-hydrogen) atoms. The summed E-state index contributed by atoms with van der Waals surface area (Å²) < 4.78 is 30.9. The zero-order valence-corrected chi connectivity index (χ0v) is 14.3. The van der Waals surface area contributed by atoms with E-state index in [2.05, 4.69) is 15.9 Å². The molecule has 0 aliphatic rings. The van der Waals surface area contributed by atoms with Gasteiger partial charge in [0.1, 0.15) is 0 Å². The highest BCUT2D eigenvalue weighted by atomic mass is 79.9. The maximum absolute atomic E-state index is 12.1. The van der Waals surface area contributed by atoms with E-state index >= 15 is 0 Å². The number of benzene rings is 1. The lowest BCUT2D eigenvalue weighted by molar-refractivity contribution is 0.0458. The molecular weight excluding hydrogens is 346 g/mol. The van der Waals surface area contributed by atoms with Gasteiger partial charge in [-0.15, -0.1) is 0 Å². The molecule has 0 atom stereocenters. The van der Waals surface area contributed by atoms with E-state index in [1.54, 1.807) is 0 Å². The predicted molar refractivity (Wildman–Crippen MR) is 80.1 cm³/mol. The van der Waals surface area contributed by atoms with Crippen molar-refractivity contribution in [3.05, 3.63) is 28.2 Å². The van der Waals surface area contributed by atoms with Gasteiger partial charge in [-0.1, -0.05) is 13.8 Å². The number of nitrogens with zero attached hydrogens (tertiary/aromatic N) is 1. The van der Waals surface area contributed by atoms with Crippen molar-refractivity contribution in [3.8, 4) is 0 Å². The highest BCUT2D eigenvalue weighted by Crippen LogP contribution is 2.25. The molecule has 0 saturated heterocycles. The lowest BCUT2D eigenvalue weighted by Crippen LogP contribution is -2.23. The molecule has 0 aliphatic carbocycles. The van der Waals surface area contributed by atoms with Crippen LogP contribution in [0.3, 0.4) is 0 Å². The second kappa shape index (κ2) is 6.69. The minimum atomic E-state index is -3.62. The molecule has 0 bridgehead atoms. The average Bonchev–Trinajstić information content (AvgIpc) is 2.35. The summed E-state index contributed by atoms with van der Waals surface area (Å²) >= 11 is 3.19. The third kappa shape index (κ3) is 4.04. The molecule has 5 nitrogen and oxygen atoms in total. The van der Waals surface area contributed by atoms with E-state index in [4.69, 9.17) is 4.74 Å². The molecule has 1 rings (SSSR count). The van der Waals surface area contributed by atoms with E-state index in [0.29, 0.717) is 11.1 Å². The molecule has 0 heterocycles. The van der Waals surface area contributed by atoms with Crippen LogP contribution in [-0.4, -0.2) is 39.4 Å². The van der Waals surface area contributed by atoms with E-state index in [0.717, 1.165) is 4.31 Å². The summed E-state index contributed by atoms with van der Waals surface area (Å²) in [6.07, 6.45) is 0. The maximum Gasteiger partial charge on any atom is 0.338 e. The molecule has 0 aliphatic heterocycles. The Labute approximate surface area is 128 Å². The summed E-state index contributed by atoms with van der Waals surface area (Å²) in [7, 11) is -0.744. The number of hydrogen-bond donors (Lipinski definition) is 0. The molecule has 0 saturated carbocycles. The standard InChI is InChI=1S/C13H18BrNO4S/c1-9(2)8-19-13(16)10-5-6-11(14)12(7-10)20(17,18)15(3)4/h5-7,9H,8H2,1-4H3. The third-order valence-corrected chi connectivity index (χ3v) is 5.28. The zero-order valence-electron chi connectivity index (χ0n) is 11.9. The lowest BCUT2D eigenvalue weighted by atomic mass is 10.2. The summed E-state index contributed by atoms with van der Waals surface area (Å²) in [4.78, 5) is 11.9. The van der Waals surface area contributed by atoms with Crippen LogP contribution in [0.4, 0.5) is 0 Å². The largest absolute Gasteiger partial charge is 0.462 e. The van der Waals surface area contributed by atoms with Gasteiger partial charge in [-0.3, -0.25) is 0 Å². The van der Waals surface area contributed by atoms with Crippen molar-refractivity contribution in [2.45, 2.75) is 18.7 Å². The monoisotopic (exact) mass is 363 g/mol. The van der Waals surface area contributed by atoms with Gasteiger partial charge < -0.3 is 4.74 Å². The van der Waals surface area contributed by atoms with Gasteiger partial charge in [-0.25, -0.2) is 17.5 Å². The first-order valence-electron chi connectivity index (χ1n) is 6.05. The smallest absolute Gasteiger partial charge is 0.338 e. The highest BCUT2D eigenvalue weighted by molar-refractivity contribution is 9.10. The van der Waals surface area contributed by atoms with Gasteiger partial charge in [0.15, 0.2) is 0 Å². The van der Waals surface area contributed by atoms with Crippen LogP contribution in [0.15, 0.2) is 27.6 Å². The van der Waals surface area contributed by atoms with Crippen molar-refractivity contribution >= 4 is 31.9 Å². The molecule has 0 amide bonds. The molecule has 0 unspecified atom stereocenters. The first-order valence-corrected chi connectivity index (χ1v) is 8.28. The normalized spacial score (nSPS) is 11.9. The average molecular weight is 364 g/mol. The Bertz CT molecular complexity index is 596. The SMILES string of the molecule is CC(C)COC(=O)c1ccc(Br)c(S(=O)(=O)N(C)C)c1. The molecule has 0 aromatic heterocycles. The Morgan fingerprint density at radius 3 is 2.45 bits per heavy atom. The van der Waals surface area contributed by atoms with Crippen LogP contribution in [0, 0.1) is 5.92 Å². The van der Waals surface area contributed by atoms with Crippen LogP contribution in [-0.2, 0) is 14.8 Å². The van der Waals surface area contributed by atoms with Gasteiger partial charge in [0.05, 0.1) is 17.1 Å². The minimum absolute atomic E-state index is 0.0431. The number of ether oxygens (including phenoxy) is 1. The fourth-order valence-electron chi connectivity index (χ4n) is 1.35. The van der Waals surface area contributed by atoms with E-state index in [1.807, 2.05) is 13.8 Å². The predicted octanol–water partition coefficient (Wildman–Crippen LogP) is 2.51. The number of sulfonamides is 1. The van der Waals surface area contributed by atoms with Gasteiger partial charge in [-0.05, 0) is 40.0 Å². The van der Waals surface area contributed by atoms with Crippen molar-refractivity contribution in [2.75, 3.05) is 20.7 Å². The highest BCUT2D eigenvalue weighted by Gasteiger charge is 2.22. The maximum atomic E-state index is 12.1. The van der Waals surface area contributed by atoms with Crippen molar-refractivity contribution in [1.29, 1.82) is 0 Å². The number of carbonyl (C=O) groups is 1. The van der Waals surface area contributed by atoms with Crippen molar-refractivity contribution in [1.82, 2.24) is 4.31 Å². The second-order valence-corrected chi connectivity index (χ2v) is 7.90. The van der Waals surface area contributed by atoms with Gasteiger partial charge in [0.2, 0.25) is 10.0 Å². The molecule has 0 fully saturated rings. The number of esters is 1. The van der Waals surface area contributed by atoms with Gasteiger partial charge in [-0.2, -0.15) is 0 Å². The summed E-state index contributed by atoms with van der Waals surface area (Å²) in [5, 5.41) is 0. The Kier molecular flexibility index (Phi) is 5.73. The third-order valence-electron chi connectivity index (χ3n) is 2.47. The fraction of sp³-hybridized carbons (Fsp3) is 0.462. The van der Waals surface area contributed by atoms with Crippen LogP contribution in [0.25, 0.3) is 0 Å². The Balaban J connectivity index is 3.13. The van der Waals surface area contributed by atoms with Crippen LogP contribution < -0.4 is 0 Å². The van der Waals surface area contributed by atoms with Crippen LogP contribution >= 0.6 is 15.9 Å². The number of rotatable bonds is 5. The number of halogens is 1. The van der Waals surface area contributed by atoms with Crippen LogP contribution in [0.1, 0.15) is 24.2 Å². The van der Waals surface area contributed by atoms with Crippen molar-refractivity contribution < 1.29 is 17.9 Å². The second-order valence-electron chi connectivity index (χ2n) is 4.92. The van der Waals surface area contributed by atoms with E-state index in [1.165, 1.54) is 32.3 Å². The van der Waals surface area contributed by atoms with E-state index in [9.17, 15) is 13.2 Å². The zero-order chi connectivity index (χ0) is 15.5. The Morgan fingerprint density at radius 2 is 1.95 bits per heavy atom. The van der Waals surface area contributed by atoms with Gasteiger partial charge in [0.25, 0.3) is 0 Å². The molecule has 0 spiro atoms. The van der Waals surface area contributed by atoms with Gasteiger partial charge in [0, 0.05) is 18.6 Å². The van der Waals surface area contributed by atoms with E-state index in [-0.39, 0.29) is 16.4 Å². The summed E-state index contributed by atoms with van der Waals surface area (Å²) in [5.74, 6) is -0.305. The van der Waals surface area contributed by atoms with Crippen LogP contribution in [0.2, 0.25) is 0 Å². The summed E-state index contributed by atoms with van der Waals surface area (Å²) in [6, 6.07) is 4.38. The topological polar surface area (TPSA) is 63.7 Å². The molecule has 1 aromatic carbocycles. The first kappa shape index (κ1) is 17.1. The van der Waals surface area contributed by atoms with Crippen molar-refractivity contribution in [2.24, 2.45) is 5.92 Å². The number of hydrogen-bond acceptors (Lipinski definition) is 4. The molecule has 0 N–H and O–H groups in total. The lowest BCUT2D eigenvalue weighted by Gasteiger charge is -2.14. The summed E-state index contributed by atoms with van der Waals surface area (Å²) in [6.45, 7) is 4.15. The van der Waals surface area contributed by atoms with Crippen molar-refractivity contribution in [3.63, 3.8) is 0 Å². The number of carbonyl (C=O) groups excluding carboxylic acids is 1. The first-order chi connectivity index (χ1) is 9.16. The quantitative estimate of drug-likeness (QED) is 0.754. The van der Waals surface area contributed by atoms with E-state index < -0.39 is 16.0 Å². The Hall–Kier alpha value is -0.920. The van der Waals surface area contributed by atoms with Crippen LogP contribution in [0.5, 0.6) is 0 Å². The molecule has 112 valence electrons. The van der Waals surface area contributed by atoms with Gasteiger partial charge >= 0.3 is 5.97 Å². The molecule has 1 aromatic rings. The molecule has 0 radical (unpaired) electrons. The molecular formula is C13H18BrNO4S. The minimum Gasteiger partial charge on any atom is -0.462 e.